The number of nitrogens with zero attached hydrogens (tertiary/aromatic N) is 2. The molecule has 0 spiro atoms. The van der Waals surface area contributed by atoms with Crippen molar-refractivity contribution >= 4 is 44.4 Å². The number of fused-ring (bicyclic) bond motifs is 1. The van der Waals surface area contributed by atoms with Gasteiger partial charge >= 0.3 is 0 Å². The van der Waals surface area contributed by atoms with E-state index in [0.717, 1.165) is 27.1 Å². The van der Waals surface area contributed by atoms with E-state index in [4.69, 9.17) is 9.40 Å². The first-order valence-electron chi connectivity index (χ1n) is 10.4. The monoisotopic (exact) mass is 450 g/mol. The summed E-state index contributed by atoms with van der Waals surface area (Å²) in [6, 6.07) is 16.2. The highest BCUT2D eigenvalue weighted by Crippen LogP contribution is 2.34. The van der Waals surface area contributed by atoms with Crippen LogP contribution in [0.25, 0.3) is 10.2 Å². The van der Waals surface area contributed by atoms with Crippen LogP contribution in [0.2, 0.25) is 0 Å². The largest absolute Gasteiger partial charge is 0.467 e. The van der Waals surface area contributed by atoms with Gasteiger partial charge in [0.05, 0.1) is 29.4 Å². The number of carbonyl (C=O) groups is 1. The average Bonchev–Trinajstić information content (AvgIpc) is 3.40. The second-order valence-electron chi connectivity index (χ2n) is 7.92. The Morgan fingerprint density at radius 2 is 1.84 bits per heavy atom. The van der Waals surface area contributed by atoms with Crippen molar-refractivity contribution in [1.29, 1.82) is 0 Å². The van der Waals surface area contributed by atoms with E-state index in [9.17, 15) is 4.79 Å². The Morgan fingerprint density at radius 1 is 1.10 bits per heavy atom. The molecule has 31 heavy (non-hydrogen) atoms. The number of aromatic nitrogens is 1. The fourth-order valence-corrected chi connectivity index (χ4v) is 5.38. The quantitative estimate of drug-likeness (QED) is 0.291. The molecule has 0 saturated carbocycles. The van der Waals surface area contributed by atoms with Gasteiger partial charge < -0.3 is 4.42 Å². The van der Waals surface area contributed by atoms with E-state index in [1.807, 2.05) is 36.0 Å². The van der Waals surface area contributed by atoms with Crippen LogP contribution in [-0.4, -0.2) is 16.1 Å². The maximum absolute atomic E-state index is 13.4. The SMILES string of the molecule is Cc1ccc(C)c2sc(N(Cc3ccco3)C(=O)Cc3ccc(SC(C)C)cc3)nc12. The summed E-state index contributed by atoms with van der Waals surface area (Å²) in [7, 11) is 0. The van der Waals surface area contributed by atoms with Crippen LogP contribution >= 0.6 is 23.1 Å². The Morgan fingerprint density at radius 3 is 2.48 bits per heavy atom. The number of carbonyl (C=O) groups excluding carboxylic acids is 1. The lowest BCUT2D eigenvalue weighted by atomic mass is 10.1. The minimum Gasteiger partial charge on any atom is -0.467 e. The van der Waals surface area contributed by atoms with E-state index in [1.54, 1.807) is 22.5 Å². The van der Waals surface area contributed by atoms with Gasteiger partial charge in [0.1, 0.15) is 5.76 Å². The molecule has 4 rings (SSSR count). The molecule has 0 atom stereocenters. The molecule has 0 N–H and O–H groups in total. The van der Waals surface area contributed by atoms with Crippen LogP contribution in [0.15, 0.2) is 64.1 Å². The van der Waals surface area contributed by atoms with Crippen LogP contribution in [0.3, 0.4) is 0 Å². The van der Waals surface area contributed by atoms with E-state index in [1.165, 1.54) is 10.5 Å². The summed E-state index contributed by atoms with van der Waals surface area (Å²) in [6.07, 6.45) is 1.96. The predicted octanol–water partition coefficient (Wildman–Crippen LogP) is 6.78. The minimum atomic E-state index is 0.00928. The summed E-state index contributed by atoms with van der Waals surface area (Å²) in [6.45, 7) is 8.86. The average molecular weight is 451 g/mol. The number of amides is 1. The highest BCUT2D eigenvalue weighted by Gasteiger charge is 2.22. The van der Waals surface area contributed by atoms with E-state index in [-0.39, 0.29) is 5.91 Å². The van der Waals surface area contributed by atoms with Gasteiger partial charge in [-0.15, -0.1) is 11.8 Å². The molecule has 4 aromatic rings. The molecular formula is C25H26N2O2S2. The molecule has 2 aromatic carbocycles. The summed E-state index contributed by atoms with van der Waals surface area (Å²) in [5.74, 6) is 0.750. The fourth-order valence-electron chi connectivity index (χ4n) is 3.41. The normalized spacial score (nSPS) is 11.4. The van der Waals surface area contributed by atoms with Crippen molar-refractivity contribution in [3.05, 3.63) is 77.2 Å². The molecule has 2 heterocycles. The van der Waals surface area contributed by atoms with Gasteiger partial charge in [-0.1, -0.05) is 49.4 Å². The van der Waals surface area contributed by atoms with Crippen molar-refractivity contribution in [2.75, 3.05) is 4.90 Å². The lowest BCUT2D eigenvalue weighted by Crippen LogP contribution is -2.31. The lowest BCUT2D eigenvalue weighted by molar-refractivity contribution is -0.118. The number of hydrogen-bond donors (Lipinski definition) is 0. The number of furan rings is 1. The molecule has 160 valence electrons. The van der Waals surface area contributed by atoms with Crippen LogP contribution in [0.4, 0.5) is 5.13 Å². The van der Waals surface area contributed by atoms with Gasteiger partial charge in [-0.2, -0.15) is 0 Å². The molecular weight excluding hydrogens is 424 g/mol. The van der Waals surface area contributed by atoms with Crippen molar-refractivity contribution < 1.29 is 9.21 Å². The molecule has 0 saturated heterocycles. The summed E-state index contributed by atoms with van der Waals surface area (Å²) in [5, 5.41) is 1.24. The molecule has 0 unspecified atom stereocenters. The van der Waals surface area contributed by atoms with Gasteiger partial charge in [0.2, 0.25) is 5.91 Å². The molecule has 4 nitrogen and oxygen atoms in total. The van der Waals surface area contributed by atoms with Crippen LogP contribution in [0.5, 0.6) is 0 Å². The van der Waals surface area contributed by atoms with Crippen LogP contribution in [0.1, 0.15) is 36.3 Å². The van der Waals surface area contributed by atoms with Gasteiger partial charge in [0.25, 0.3) is 0 Å². The Kier molecular flexibility index (Phi) is 6.49. The van der Waals surface area contributed by atoms with Crippen molar-refractivity contribution in [2.24, 2.45) is 0 Å². The third kappa shape index (κ3) is 5.02. The molecule has 0 bridgehead atoms. The van der Waals surface area contributed by atoms with Crippen molar-refractivity contribution in [3.63, 3.8) is 0 Å². The Hall–Kier alpha value is -2.57. The Labute approximate surface area is 191 Å². The number of rotatable bonds is 7. The Bertz CT molecular complexity index is 1140. The second-order valence-corrected chi connectivity index (χ2v) is 10.5. The van der Waals surface area contributed by atoms with E-state index in [0.29, 0.717) is 23.3 Å². The molecule has 2 aromatic heterocycles. The standard InChI is InChI=1S/C25H26N2O2S2/c1-16(2)30-21-11-9-19(10-12-21)14-22(28)27(15-20-6-5-13-29-20)25-26-23-17(3)7-8-18(4)24(23)31-25/h5-13,16H,14-15H2,1-4H3. The number of hydrogen-bond acceptors (Lipinski definition) is 5. The van der Waals surface area contributed by atoms with E-state index >= 15 is 0 Å². The lowest BCUT2D eigenvalue weighted by Gasteiger charge is -2.19. The third-order valence-corrected chi connectivity index (χ3v) is 7.24. The molecule has 0 aliphatic rings. The molecule has 6 heteroatoms. The van der Waals surface area contributed by atoms with Gasteiger partial charge in [-0.05, 0) is 54.8 Å². The maximum Gasteiger partial charge on any atom is 0.233 e. The van der Waals surface area contributed by atoms with E-state index in [2.05, 4.69) is 52.0 Å². The minimum absolute atomic E-state index is 0.00928. The molecule has 1 amide bonds. The zero-order valence-electron chi connectivity index (χ0n) is 18.2. The molecule has 0 aliphatic carbocycles. The first kappa shape index (κ1) is 21.7. The molecule has 0 radical (unpaired) electrons. The number of thiazole rings is 1. The van der Waals surface area contributed by atoms with Crippen molar-refractivity contribution in [2.45, 2.75) is 50.8 Å². The third-order valence-electron chi connectivity index (χ3n) is 5.01. The van der Waals surface area contributed by atoms with Crippen LogP contribution in [-0.2, 0) is 17.8 Å². The van der Waals surface area contributed by atoms with Crippen LogP contribution in [0, 0.1) is 13.8 Å². The first-order valence-corrected chi connectivity index (χ1v) is 12.1. The predicted molar refractivity (Wildman–Crippen MR) is 130 cm³/mol. The number of anilines is 1. The zero-order valence-corrected chi connectivity index (χ0v) is 19.8. The topological polar surface area (TPSA) is 46.3 Å². The summed E-state index contributed by atoms with van der Waals surface area (Å²) in [5.41, 5.74) is 4.25. The highest BCUT2D eigenvalue weighted by molar-refractivity contribution is 7.99. The van der Waals surface area contributed by atoms with Gasteiger partial charge in [-0.3, -0.25) is 9.69 Å². The maximum atomic E-state index is 13.4. The number of aryl methyl sites for hydroxylation is 2. The number of thioether (sulfide) groups is 1. The second kappa shape index (κ2) is 9.28. The summed E-state index contributed by atoms with van der Waals surface area (Å²) >= 11 is 3.39. The fraction of sp³-hybridized carbons (Fsp3) is 0.280. The smallest absolute Gasteiger partial charge is 0.233 e. The van der Waals surface area contributed by atoms with Crippen molar-refractivity contribution in [3.8, 4) is 0 Å². The van der Waals surface area contributed by atoms with Gasteiger partial charge in [0, 0.05) is 10.1 Å². The van der Waals surface area contributed by atoms with Gasteiger partial charge in [-0.25, -0.2) is 4.98 Å². The van der Waals surface area contributed by atoms with Crippen LogP contribution < -0.4 is 4.90 Å². The van der Waals surface area contributed by atoms with Crippen molar-refractivity contribution in [1.82, 2.24) is 4.98 Å². The molecule has 0 aliphatic heterocycles. The summed E-state index contributed by atoms with van der Waals surface area (Å²) in [4.78, 5) is 21.2. The highest BCUT2D eigenvalue weighted by atomic mass is 32.2. The summed E-state index contributed by atoms with van der Waals surface area (Å²) < 4.78 is 6.67. The van der Waals surface area contributed by atoms with Gasteiger partial charge in [0.15, 0.2) is 5.13 Å². The zero-order chi connectivity index (χ0) is 22.0. The molecule has 0 fully saturated rings. The number of benzene rings is 2. The first-order chi connectivity index (χ1) is 14.9. The Balaban J connectivity index is 1.63. The van der Waals surface area contributed by atoms with E-state index < -0.39 is 0 Å².